The molecule has 16 heteroatoms. The predicted molar refractivity (Wildman–Crippen MR) is 132 cm³/mol. The second-order valence-electron chi connectivity index (χ2n) is 7.41. The van der Waals surface area contributed by atoms with Gasteiger partial charge in [0.05, 0.1) is 14.7 Å². The van der Waals surface area contributed by atoms with Crippen molar-refractivity contribution in [3.8, 4) is 0 Å². The maximum absolute atomic E-state index is 12.3. The summed E-state index contributed by atoms with van der Waals surface area (Å²) in [7, 11) is -7.60. The first-order valence-corrected chi connectivity index (χ1v) is 14.2. The maximum Gasteiger partial charge on any atom is 0.269 e. The number of benzene rings is 2. The van der Waals surface area contributed by atoms with E-state index >= 15 is 0 Å². The van der Waals surface area contributed by atoms with E-state index in [9.17, 15) is 31.7 Å². The number of nitrogens with zero attached hydrogens (tertiary/aromatic N) is 3. The number of hydrogen-bond donors (Lipinski definition) is 3. The van der Waals surface area contributed by atoms with Crippen LogP contribution in [0, 0.1) is 17.0 Å². The van der Waals surface area contributed by atoms with E-state index in [1.807, 2.05) is 6.92 Å². The molecule has 1 aromatic heterocycles. The average molecular weight is 555 g/mol. The standard InChI is InChI=1S/C20H22N6O7S3/c1-14-2-6-16(7-3-14)35(30,31)22-13-11-19-24-25-20(34-19)23-18(27)10-12-21-36(32,33)17-8-4-15(5-9-17)26(28)29/h2-9,21-22H,10-13H2,1H3,(H,23,25,27). The Balaban J connectivity index is 1.43. The Morgan fingerprint density at radius 2 is 1.47 bits per heavy atom. The molecule has 2 aromatic carbocycles. The van der Waals surface area contributed by atoms with Gasteiger partial charge in [-0.05, 0) is 31.2 Å². The third kappa shape index (κ3) is 7.59. The SMILES string of the molecule is Cc1ccc(S(=O)(=O)NCCc2nnc(NC(=O)CCNS(=O)(=O)c3ccc([N+](=O)[O-])cc3)s2)cc1. The van der Waals surface area contributed by atoms with Crippen molar-refractivity contribution >= 4 is 48.1 Å². The fourth-order valence-electron chi connectivity index (χ4n) is 2.81. The summed E-state index contributed by atoms with van der Waals surface area (Å²) in [6.07, 6.45) is 0.0607. The Labute approximate surface area is 211 Å². The molecule has 3 aromatic rings. The summed E-state index contributed by atoms with van der Waals surface area (Å²) in [5.74, 6) is -0.510. The van der Waals surface area contributed by atoms with Crippen LogP contribution in [-0.4, -0.2) is 51.0 Å². The number of carbonyl (C=O) groups is 1. The van der Waals surface area contributed by atoms with Gasteiger partial charge in [0, 0.05) is 38.1 Å². The first-order valence-electron chi connectivity index (χ1n) is 10.4. The fraction of sp³-hybridized carbons (Fsp3) is 0.250. The van der Waals surface area contributed by atoms with Crippen LogP contribution in [0.3, 0.4) is 0 Å². The van der Waals surface area contributed by atoms with Crippen molar-refractivity contribution in [3.05, 3.63) is 69.2 Å². The Kier molecular flexibility index (Phi) is 8.80. The molecular weight excluding hydrogens is 532 g/mol. The van der Waals surface area contributed by atoms with Crippen LogP contribution in [0.4, 0.5) is 10.8 Å². The van der Waals surface area contributed by atoms with E-state index in [4.69, 9.17) is 0 Å². The molecule has 0 radical (unpaired) electrons. The van der Waals surface area contributed by atoms with Crippen LogP contribution in [0.1, 0.15) is 17.0 Å². The van der Waals surface area contributed by atoms with E-state index in [1.54, 1.807) is 12.1 Å². The number of amides is 1. The largest absolute Gasteiger partial charge is 0.300 e. The fourth-order valence-corrected chi connectivity index (χ4v) is 5.63. The number of nitrogens with one attached hydrogen (secondary N) is 3. The molecule has 1 amide bonds. The van der Waals surface area contributed by atoms with Crippen LogP contribution >= 0.6 is 11.3 Å². The summed E-state index contributed by atoms with van der Waals surface area (Å²) >= 11 is 1.07. The van der Waals surface area contributed by atoms with Crippen molar-refractivity contribution in [2.45, 2.75) is 29.6 Å². The van der Waals surface area contributed by atoms with Crippen molar-refractivity contribution in [2.24, 2.45) is 0 Å². The lowest BCUT2D eigenvalue weighted by Crippen LogP contribution is -2.27. The molecule has 192 valence electrons. The van der Waals surface area contributed by atoms with E-state index < -0.39 is 30.9 Å². The highest BCUT2D eigenvalue weighted by molar-refractivity contribution is 7.89. The molecule has 0 saturated heterocycles. The smallest absolute Gasteiger partial charge is 0.269 e. The molecule has 0 atom stereocenters. The normalized spacial score (nSPS) is 11.8. The first kappa shape index (κ1) is 27.3. The minimum atomic E-state index is -3.95. The zero-order chi connectivity index (χ0) is 26.3. The highest BCUT2D eigenvalue weighted by Crippen LogP contribution is 2.17. The van der Waals surface area contributed by atoms with Gasteiger partial charge in [-0.15, -0.1) is 10.2 Å². The van der Waals surface area contributed by atoms with Crippen molar-refractivity contribution in [1.29, 1.82) is 0 Å². The first-order chi connectivity index (χ1) is 17.0. The van der Waals surface area contributed by atoms with Crippen LogP contribution in [0.2, 0.25) is 0 Å². The number of non-ortho nitro benzene ring substituents is 1. The number of sulfonamides is 2. The summed E-state index contributed by atoms with van der Waals surface area (Å²) in [5, 5.41) is 21.6. The lowest BCUT2D eigenvalue weighted by molar-refractivity contribution is -0.384. The Hall–Kier alpha value is -3.31. The van der Waals surface area contributed by atoms with Crippen LogP contribution in [0.15, 0.2) is 58.3 Å². The second-order valence-corrected chi connectivity index (χ2v) is 12.0. The van der Waals surface area contributed by atoms with Crippen LogP contribution in [-0.2, 0) is 31.3 Å². The monoisotopic (exact) mass is 554 g/mol. The van der Waals surface area contributed by atoms with Gasteiger partial charge in [-0.2, -0.15) is 0 Å². The van der Waals surface area contributed by atoms with E-state index in [1.165, 1.54) is 12.1 Å². The highest BCUT2D eigenvalue weighted by atomic mass is 32.2. The lowest BCUT2D eigenvalue weighted by Gasteiger charge is -2.06. The number of carbonyl (C=O) groups excluding carboxylic acids is 1. The molecule has 0 aliphatic carbocycles. The molecule has 13 nitrogen and oxygen atoms in total. The van der Waals surface area contributed by atoms with E-state index in [0.717, 1.165) is 41.2 Å². The molecule has 0 aliphatic rings. The van der Waals surface area contributed by atoms with Crippen LogP contribution in [0.5, 0.6) is 0 Å². The number of rotatable bonds is 12. The molecule has 0 bridgehead atoms. The Morgan fingerprint density at radius 1 is 0.917 bits per heavy atom. The van der Waals surface area contributed by atoms with Gasteiger partial charge < -0.3 is 5.32 Å². The number of anilines is 1. The van der Waals surface area contributed by atoms with Crippen LogP contribution < -0.4 is 14.8 Å². The van der Waals surface area contributed by atoms with Gasteiger partial charge in [-0.1, -0.05) is 29.0 Å². The summed E-state index contributed by atoms with van der Waals surface area (Å²) in [5.41, 5.74) is 0.702. The molecule has 1 heterocycles. The zero-order valence-electron chi connectivity index (χ0n) is 18.9. The summed E-state index contributed by atoms with van der Waals surface area (Å²) in [6, 6.07) is 10.8. The van der Waals surface area contributed by atoms with Gasteiger partial charge in [0.1, 0.15) is 5.01 Å². The second kappa shape index (κ2) is 11.6. The molecular formula is C20H22N6O7S3. The van der Waals surface area contributed by atoms with E-state index in [2.05, 4.69) is 25.0 Å². The molecule has 36 heavy (non-hydrogen) atoms. The van der Waals surface area contributed by atoms with Crippen molar-refractivity contribution in [1.82, 2.24) is 19.6 Å². The molecule has 0 saturated carbocycles. The number of nitro benzene ring substituents is 1. The van der Waals surface area contributed by atoms with Gasteiger partial charge in [0.25, 0.3) is 5.69 Å². The molecule has 3 rings (SSSR count). The average Bonchev–Trinajstić information content (AvgIpc) is 3.26. The molecule has 0 fully saturated rings. The predicted octanol–water partition coefficient (Wildman–Crippen LogP) is 1.58. The number of hydrogen-bond acceptors (Lipinski definition) is 10. The third-order valence-electron chi connectivity index (χ3n) is 4.68. The van der Waals surface area contributed by atoms with E-state index in [-0.39, 0.29) is 46.5 Å². The number of aryl methyl sites for hydroxylation is 1. The van der Waals surface area contributed by atoms with Gasteiger partial charge in [-0.3, -0.25) is 14.9 Å². The molecule has 0 unspecified atom stereocenters. The minimum absolute atomic E-state index is 0.0865. The van der Waals surface area contributed by atoms with Crippen LogP contribution in [0.25, 0.3) is 0 Å². The minimum Gasteiger partial charge on any atom is -0.300 e. The van der Waals surface area contributed by atoms with Gasteiger partial charge in [0.15, 0.2) is 0 Å². The van der Waals surface area contributed by atoms with Crippen molar-refractivity contribution in [2.75, 3.05) is 18.4 Å². The summed E-state index contributed by atoms with van der Waals surface area (Å²) in [6.45, 7) is 1.73. The molecule has 0 spiro atoms. The zero-order valence-corrected chi connectivity index (χ0v) is 21.3. The Morgan fingerprint density at radius 3 is 2.06 bits per heavy atom. The van der Waals surface area contributed by atoms with Crippen molar-refractivity contribution in [3.63, 3.8) is 0 Å². The highest BCUT2D eigenvalue weighted by Gasteiger charge is 2.17. The number of aromatic nitrogens is 2. The van der Waals surface area contributed by atoms with Gasteiger partial charge in [0.2, 0.25) is 31.1 Å². The molecule has 0 aliphatic heterocycles. The Bertz CT molecular complexity index is 1440. The third-order valence-corrected chi connectivity index (χ3v) is 8.53. The van der Waals surface area contributed by atoms with Gasteiger partial charge >= 0.3 is 0 Å². The lowest BCUT2D eigenvalue weighted by atomic mass is 10.2. The topological polar surface area (TPSA) is 190 Å². The van der Waals surface area contributed by atoms with Crippen molar-refractivity contribution < 1.29 is 26.6 Å². The maximum atomic E-state index is 12.3. The quantitative estimate of drug-likeness (QED) is 0.220. The molecule has 3 N–H and O–H groups in total. The number of nitro groups is 1. The summed E-state index contributed by atoms with van der Waals surface area (Å²) < 4.78 is 53.9. The van der Waals surface area contributed by atoms with Gasteiger partial charge in [-0.25, -0.2) is 26.3 Å². The summed E-state index contributed by atoms with van der Waals surface area (Å²) in [4.78, 5) is 22.1. The van der Waals surface area contributed by atoms with E-state index in [0.29, 0.717) is 5.01 Å².